The van der Waals surface area contributed by atoms with Crippen LogP contribution in [-0.4, -0.2) is 29.7 Å². The number of ether oxygens (including phenoxy) is 1. The molecule has 2 aliphatic heterocycles. The van der Waals surface area contributed by atoms with E-state index >= 15 is 0 Å². The summed E-state index contributed by atoms with van der Waals surface area (Å²) in [4.78, 5) is 14.2. The minimum absolute atomic E-state index is 0.0709. The molecule has 0 aromatic carbocycles. The molecule has 104 valence electrons. The number of carbonyl (C=O) groups excluding carboxylic acids is 1. The van der Waals surface area contributed by atoms with Crippen molar-refractivity contribution >= 4 is 6.09 Å². The van der Waals surface area contributed by atoms with Crippen LogP contribution >= 0.6 is 0 Å². The van der Waals surface area contributed by atoms with E-state index in [1.807, 2.05) is 4.90 Å². The highest BCUT2D eigenvalue weighted by atomic mass is 16.6. The lowest BCUT2D eigenvalue weighted by atomic mass is 9.83. The first-order valence-corrected chi connectivity index (χ1v) is 7.44. The van der Waals surface area contributed by atoms with Gasteiger partial charge in [0.15, 0.2) is 0 Å². The number of nitrogens with zero attached hydrogens (tertiary/aromatic N) is 1. The number of carbonyl (C=O) groups is 1. The zero-order chi connectivity index (χ0) is 13.3. The van der Waals surface area contributed by atoms with Crippen molar-refractivity contribution in [3.8, 4) is 0 Å². The third kappa shape index (κ3) is 2.81. The first-order chi connectivity index (χ1) is 8.49. The molecule has 2 atom stereocenters. The lowest BCUT2D eigenvalue weighted by molar-refractivity contribution is 0.0446. The maximum atomic E-state index is 12.1. The summed E-state index contributed by atoms with van der Waals surface area (Å²) in [6.45, 7) is 9.30. The SMILES string of the molecule is CC(C)COC(=O)N1C2CCC1CC(C(C)C)C2. The summed E-state index contributed by atoms with van der Waals surface area (Å²) < 4.78 is 5.41. The summed E-state index contributed by atoms with van der Waals surface area (Å²) in [5.74, 6) is 1.94. The second-order valence-electron chi connectivity index (χ2n) is 6.74. The van der Waals surface area contributed by atoms with Crippen LogP contribution in [0.2, 0.25) is 0 Å². The predicted octanol–water partition coefficient (Wildman–Crippen LogP) is 3.68. The number of piperidine rings is 1. The second-order valence-corrected chi connectivity index (χ2v) is 6.74. The van der Waals surface area contributed by atoms with E-state index in [1.165, 1.54) is 25.7 Å². The molecule has 2 bridgehead atoms. The standard InChI is InChI=1S/C15H27NO2/c1-10(2)9-18-15(17)16-13-5-6-14(16)8-12(7-13)11(3)4/h10-14H,5-9H2,1-4H3. The van der Waals surface area contributed by atoms with Gasteiger partial charge in [-0.05, 0) is 43.4 Å². The monoisotopic (exact) mass is 253 g/mol. The molecule has 0 aliphatic carbocycles. The molecule has 0 aromatic heterocycles. The molecule has 2 rings (SSSR count). The normalized spacial score (nSPS) is 31.2. The molecule has 1 amide bonds. The van der Waals surface area contributed by atoms with Crippen molar-refractivity contribution in [3.05, 3.63) is 0 Å². The molecule has 0 spiro atoms. The largest absolute Gasteiger partial charge is 0.449 e. The molecule has 2 unspecified atom stereocenters. The van der Waals surface area contributed by atoms with E-state index in [0.29, 0.717) is 24.6 Å². The summed E-state index contributed by atoms with van der Waals surface area (Å²) in [7, 11) is 0. The first kappa shape index (κ1) is 13.7. The Bertz CT molecular complexity index is 287. The number of amides is 1. The molecule has 0 aromatic rings. The molecule has 18 heavy (non-hydrogen) atoms. The number of fused-ring (bicyclic) bond motifs is 2. The van der Waals surface area contributed by atoms with E-state index in [0.717, 1.165) is 11.8 Å². The predicted molar refractivity (Wildman–Crippen MR) is 72.4 cm³/mol. The quantitative estimate of drug-likeness (QED) is 0.768. The highest BCUT2D eigenvalue weighted by Gasteiger charge is 2.44. The molecular weight excluding hydrogens is 226 g/mol. The van der Waals surface area contributed by atoms with E-state index < -0.39 is 0 Å². The Morgan fingerprint density at radius 2 is 1.72 bits per heavy atom. The van der Waals surface area contributed by atoms with Crippen LogP contribution in [0.5, 0.6) is 0 Å². The van der Waals surface area contributed by atoms with Gasteiger partial charge in [0.05, 0.1) is 6.61 Å². The van der Waals surface area contributed by atoms with Crippen molar-refractivity contribution in [1.29, 1.82) is 0 Å². The molecule has 2 aliphatic rings. The van der Waals surface area contributed by atoms with Crippen molar-refractivity contribution in [3.63, 3.8) is 0 Å². The van der Waals surface area contributed by atoms with E-state index in [2.05, 4.69) is 27.7 Å². The van der Waals surface area contributed by atoms with Gasteiger partial charge in [-0.15, -0.1) is 0 Å². The maximum absolute atomic E-state index is 12.1. The van der Waals surface area contributed by atoms with Crippen LogP contribution in [0.1, 0.15) is 53.4 Å². The van der Waals surface area contributed by atoms with Gasteiger partial charge < -0.3 is 9.64 Å². The van der Waals surface area contributed by atoms with Crippen LogP contribution in [0.15, 0.2) is 0 Å². The number of rotatable bonds is 3. The van der Waals surface area contributed by atoms with Crippen molar-refractivity contribution in [2.75, 3.05) is 6.61 Å². The average Bonchev–Trinajstić information content (AvgIpc) is 2.56. The van der Waals surface area contributed by atoms with Crippen LogP contribution < -0.4 is 0 Å². The average molecular weight is 253 g/mol. The van der Waals surface area contributed by atoms with Crippen molar-refractivity contribution < 1.29 is 9.53 Å². The summed E-state index contributed by atoms with van der Waals surface area (Å²) in [5, 5.41) is 0. The topological polar surface area (TPSA) is 29.5 Å². The zero-order valence-corrected chi connectivity index (χ0v) is 12.2. The molecule has 2 fully saturated rings. The van der Waals surface area contributed by atoms with Crippen LogP contribution in [0.3, 0.4) is 0 Å². The van der Waals surface area contributed by atoms with E-state index in [4.69, 9.17) is 4.74 Å². The Balaban J connectivity index is 1.94. The lowest BCUT2D eigenvalue weighted by Crippen LogP contribution is -2.47. The van der Waals surface area contributed by atoms with E-state index in [9.17, 15) is 4.79 Å². The van der Waals surface area contributed by atoms with Crippen molar-refractivity contribution in [2.24, 2.45) is 17.8 Å². The van der Waals surface area contributed by atoms with Gasteiger partial charge in [-0.2, -0.15) is 0 Å². The zero-order valence-electron chi connectivity index (χ0n) is 12.2. The summed E-state index contributed by atoms with van der Waals surface area (Å²) in [6, 6.07) is 0.881. The van der Waals surface area contributed by atoms with E-state index in [1.54, 1.807) is 0 Å². The van der Waals surface area contributed by atoms with Gasteiger partial charge in [0.25, 0.3) is 0 Å². The first-order valence-electron chi connectivity index (χ1n) is 7.44. The smallest absolute Gasteiger partial charge is 0.410 e. The Kier molecular flexibility index (Phi) is 4.18. The van der Waals surface area contributed by atoms with Crippen LogP contribution in [0, 0.1) is 17.8 Å². The molecule has 3 heteroatoms. The van der Waals surface area contributed by atoms with Crippen molar-refractivity contribution in [1.82, 2.24) is 4.90 Å². The summed E-state index contributed by atoms with van der Waals surface area (Å²) in [6.07, 6.45) is 4.61. The van der Waals surface area contributed by atoms with Gasteiger partial charge in [0.1, 0.15) is 0 Å². The minimum Gasteiger partial charge on any atom is -0.449 e. The van der Waals surface area contributed by atoms with Crippen LogP contribution in [0.4, 0.5) is 4.79 Å². The van der Waals surface area contributed by atoms with Gasteiger partial charge >= 0.3 is 6.09 Å². The van der Waals surface area contributed by atoms with Gasteiger partial charge in [0.2, 0.25) is 0 Å². The molecule has 3 nitrogen and oxygen atoms in total. The Morgan fingerprint density at radius 1 is 1.17 bits per heavy atom. The highest BCUT2D eigenvalue weighted by Crippen LogP contribution is 2.41. The molecule has 0 saturated carbocycles. The van der Waals surface area contributed by atoms with Gasteiger partial charge in [0, 0.05) is 12.1 Å². The fraction of sp³-hybridized carbons (Fsp3) is 0.933. The lowest BCUT2D eigenvalue weighted by Gasteiger charge is -2.39. The molecule has 0 radical (unpaired) electrons. The van der Waals surface area contributed by atoms with Crippen LogP contribution in [0.25, 0.3) is 0 Å². The highest BCUT2D eigenvalue weighted by molar-refractivity contribution is 5.69. The summed E-state index contributed by atoms with van der Waals surface area (Å²) >= 11 is 0. The fourth-order valence-corrected chi connectivity index (χ4v) is 3.37. The molecule has 2 heterocycles. The maximum Gasteiger partial charge on any atom is 0.410 e. The van der Waals surface area contributed by atoms with Gasteiger partial charge in [-0.3, -0.25) is 0 Å². The minimum atomic E-state index is -0.0709. The summed E-state index contributed by atoms with van der Waals surface area (Å²) in [5.41, 5.74) is 0. The van der Waals surface area contributed by atoms with Crippen LogP contribution in [-0.2, 0) is 4.74 Å². The molecular formula is C15H27NO2. The Morgan fingerprint density at radius 3 is 2.17 bits per heavy atom. The second kappa shape index (κ2) is 5.50. The van der Waals surface area contributed by atoms with E-state index in [-0.39, 0.29) is 6.09 Å². The fourth-order valence-electron chi connectivity index (χ4n) is 3.37. The number of hydrogen-bond acceptors (Lipinski definition) is 2. The third-order valence-electron chi connectivity index (χ3n) is 4.46. The third-order valence-corrected chi connectivity index (χ3v) is 4.46. The molecule has 0 N–H and O–H groups in total. The Labute approximate surface area is 111 Å². The van der Waals surface area contributed by atoms with Crippen molar-refractivity contribution in [2.45, 2.75) is 65.5 Å². The van der Waals surface area contributed by atoms with Gasteiger partial charge in [-0.1, -0.05) is 27.7 Å². The Hall–Kier alpha value is -0.730. The number of hydrogen-bond donors (Lipinski definition) is 0. The molecule has 2 saturated heterocycles. The van der Waals surface area contributed by atoms with Gasteiger partial charge in [-0.25, -0.2) is 4.79 Å².